The van der Waals surface area contributed by atoms with E-state index in [4.69, 9.17) is 4.74 Å². The Morgan fingerprint density at radius 2 is 1.95 bits per heavy atom. The molecule has 1 heterocycles. The molecule has 2 rings (SSSR count). The number of halogens is 1. The number of benzene rings is 1. The van der Waals surface area contributed by atoms with Crippen LogP contribution in [-0.4, -0.2) is 24.1 Å². The van der Waals surface area contributed by atoms with E-state index in [0.29, 0.717) is 5.82 Å². The third-order valence-corrected chi connectivity index (χ3v) is 2.86. The average Bonchev–Trinajstić information content (AvgIpc) is 2.42. The molecule has 1 aromatic heterocycles. The monoisotopic (exact) mass is 261 g/mol. The van der Waals surface area contributed by atoms with E-state index < -0.39 is 5.82 Å². The summed E-state index contributed by atoms with van der Waals surface area (Å²) in [5.74, 6) is 0.438. The van der Waals surface area contributed by atoms with Crippen molar-refractivity contribution >= 4 is 0 Å². The van der Waals surface area contributed by atoms with Crippen molar-refractivity contribution < 1.29 is 9.13 Å². The van der Waals surface area contributed by atoms with Crippen LogP contribution < -0.4 is 10.1 Å². The molecule has 0 saturated heterocycles. The van der Waals surface area contributed by atoms with E-state index in [1.807, 2.05) is 6.92 Å². The van der Waals surface area contributed by atoms with Crippen LogP contribution in [0, 0.1) is 12.7 Å². The van der Waals surface area contributed by atoms with Crippen LogP contribution in [0.4, 0.5) is 4.39 Å². The van der Waals surface area contributed by atoms with Crippen LogP contribution in [-0.2, 0) is 0 Å². The first-order chi connectivity index (χ1) is 9.15. The predicted molar refractivity (Wildman–Crippen MR) is 70.6 cm³/mol. The Morgan fingerprint density at radius 1 is 1.26 bits per heavy atom. The summed E-state index contributed by atoms with van der Waals surface area (Å²) in [4.78, 5) is 8.54. The average molecular weight is 261 g/mol. The van der Waals surface area contributed by atoms with Gasteiger partial charge in [0.25, 0.3) is 0 Å². The number of aromatic nitrogens is 2. The zero-order valence-electron chi connectivity index (χ0n) is 11.1. The summed E-state index contributed by atoms with van der Waals surface area (Å²) >= 11 is 0. The summed E-state index contributed by atoms with van der Waals surface area (Å²) < 4.78 is 18.6. The highest BCUT2D eigenvalue weighted by molar-refractivity contribution is 5.33. The molecule has 0 radical (unpaired) electrons. The molecule has 0 bridgehead atoms. The topological polar surface area (TPSA) is 47.0 Å². The second-order valence-corrected chi connectivity index (χ2v) is 4.23. The van der Waals surface area contributed by atoms with Crippen LogP contribution in [0.3, 0.4) is 0 Å². The lowest BCUT2D eigenvalue weighted by Crippen LogP contribution is -2.20. The van der Waals surface area contributed by atoms with E-state index in [0.717, 1.165) is 11.1 Å². The number of aryl methyl sites for hydroxylation is 1. The quantitative estimate of drug-likeness (QED) is 0.917. The summed E-state index contributed by atoms with van der Waals surface area (Å²) in [7, 11) is 3.23. The number of hydrogen-bond acceptors (Lipinski definition) is 4. The van der Waals surface area contributed by atoms with Gasteiger partial charge in [0.2, 0.25) is 0 Å². The van der Waals surface area contributed by atoms with Crippen LogP contribution in [0.5, 0.6) is 5.75 Å². The molecule has 0 aliphatic carbocycles. The predicted octanol–water partition coefficient (Wildman–Crippen LogP) is 2.24. The zero-order valence-corrected chi connectivity index (χ0v) is 11.1. The number of nitrogens with zero attached hydrogens (tertiary/aromatic N) is 2. The maximum Gasteiger partial charge on any atom is 0.165 e. The maximum absolute atomic E-state index is 13.7. The van der Waals surface area contributed by atoms with E-state index >= 15 is 0 Å². The minimum Gasteiger partial charge on any atom is -0.494 e. The highest BCUT2D eigenvalue weighted by atomic mass is 19.1. The van der Waals surface area contributed by atoms with Gasteiger partial charge >= 0.3 is 0 Å². The fraction of sp³-hybridized carbons (Fsp3) is 0.286. The minimum absolute atomic E-state index is 0.225. The molecule has 19 heavy (non-hydrogen) atoms. The molecule has 0 spiro atoms. The Labute approximate surface area is 111 Å². The first-order valence-electron chi connectivity index (χ1n) is 5.95. The molecule has 4 nitrogen and oxygen atoms in total. The van der Waals surface area contributed by atoms with Crippen molar-refractivity contribution in [1.29, 1.82) is 0 Å². The third-order valence-electron chi connectivity index (χ3n) is 2.86. The first-order valence-corrected chi connectivity index (χ1v) is 5.95. The van der Waals surface area contributed by atoms with Crippen LogP contribution in [0.1, 0.15) is 23.0 Å². The van der Waals surface area contributed by atoms with Crippen molar-refractivity contribution in [3.8, 4) is 5.75 Å². The number of rotatable bonds is 4. The van der Waals surface area contributed by atoms with Gasteiger partial charge in [-0.1, -0.05) is 6.07 Å². The molecule has 1 aromatic carbocycles. The van der Waals surface area contributed by atoms with Crippen LogP contribution >= 0.6 is 0 Å². The van der Waals surface area contributed by atoms with Crippen molar-refractivity contribution in [2.45, 2.75) is 13.0 Å². The van der Waals surface area contributed by atoms with Gasteiger partial charge in [0, 0.05) is 12.4 Å². The van der Waals surface area contributed by atoms with E-state index in [2.05, 4.69) is 15.3 Å². The lowest BCUT2D eigenvalue weighted by atomic mass is 10.1. The second kappa shape index (κ2) is 5.75. The van der Waals surface area contributed by atoms with Crippen molar-refractivity contribution in [3.63, 3.8) is 0 Å². The molecule has 1 N–H and O–H groups in total. The standard InChI is InChI=1S/C14H16FN3O/c1-9-7-17-14(18-8-9)13(16-2)10-4-5-12(19-3)11(15)6-10/h4-8,13,16H,1-3H3. The van der Waals surface area contributed by atoms with Gasteiger partial charge in [0.1, 0.15) is 5.82 Å². The van der Waals surface area contributed by atoms with Crippen molar-refractivity contribution in [2.24, 2.45) is 0 Å². The van der Waals surface area contributed by atoms with Crippen molar-refractivity contribution in [2.75, 3.05) is 14.2 Å². The van der Waals surface area contributed by atoms with Gasteiger partial charge in [0.15, 0.2) is 11.6 Å². The molecule has 0 aliphatic heterocycles. The molecular formula is C14H16FN3O. The minimum atomic E-state index is -0.396. The highest BCUT2D eigenvalue weighted by Gasteiger charge is 2.16. The molecule has 0 fully saturated rings. The lowest BCUT2D eigenvalue weighted by molar-refractivity contribution is 0.385. The van der Waals surface area contributed by atoms with Gasteiger partial charge < -0.3 is 10.1 Å². The van der Waals surface area contributed by atoms with Crippen LogP contribution in [0.2, 0.25) is 0 Å². The van der Waals surface area contributed by atoms with Crippen molar-refractivity contribution in [3.05, 3.63) is 53.4 Å². The van der Waals surface area contributed by atoms with Crippen molar-refractivity contribution in [1.82, 2.24) is 15.3 Å². The molecule has 2 aromatic rings. The fourth-order valence-electron chi connectivity index (χ4n) is 1.86. The van der Waals surface area contributed by atoms with E-state index in [9.17, 15) is 4.39 Å². The highest BCUT2D eigenvalue weighted by Crippen LogP contribution is 2.24. The summed E-state index contributed by atoms with van der Waals surface area (Å²) in [6, 6.07) is 4.58. The summed E-state index contributed by atoms with van der Waals surface area (Å²) in [6.07, 6.45) is 3.49. The number of methoxy groups -OCH3 is 1. The van der Waals surface area contributed by atoms with Crippen LogP contribution in [0.15, 0.2) is 30.6 Å². The number of nitrogens with one attached hydrogen (secondary N) is 1. The SMILES string of the molecule is CNC(c1ccc(OC)c(F)c1)c1ncc(C)cn1. The molecule has 1 unspecified atom stereocenters. The molecule has 0 amide bonds. The molecule has 1 atom stereocenters. The molecular weight excluding hydrogens is 245 g/mol. The van der Waals surface area contributed by atoms with Crippen LogP contribution in [0.25, 0.3) is 0 Å². The van der Waals surface area contributed by atoms with Gasteiger partial charge in [-0.05, 0) is 37.2 Å². The molecule has 100 valence electrons. The Kier molecular flexibility index (Phi) is 4.06. The number of hydrogen-bond donors (Lipinski definition) is 1. The Bertz CT molecular complexity index is 557. The largest absolute Gasteiger partial charge is 0.494 e. The Morgan fingerprint density at radius 3 is 2.47 bits per heavy atom. The first kappa shape index (κ1) is 13.4. The smallest absolute Gasteiger partial charge is 0.165 e. The second-order valence-electron chi connectivity index (χ2n) is 4.23. The number of ether oxygens (including phenoxy) is 1. The van der Waals surface area contributed by atoms with E-state index in [1.54, 1.807) is 31.6 Å². The summed E-state index contributed by atoms with van der Waals surface area (Å²) in [6.45, 7) is 1.92. The Hall–Kier alpha value is -2.01. The maximum atomic E-state index is 13.7. The van der Waals surface area contributed by atoms with Gasteiger partial charge in [-0.15, -0.1) is 0 Å². The zero-order chi connectivity index (χ0) is 13.8. The third kappa shape index (κ3) is 2.88. The van der Waals surface area contributed by atoms with Gasteiger partial charge in [-0.2, -0.15) is 0 Å². The van der Waals surface area contributed by atoms with Gasteiger partial charge in [-0.3, -0.25) is 0 Å². The summed E-state index contributed by atoms with van der Waals surface area (Å²) in [5.41, 5.74) is 1.74. The Balaban J connectivity index is 2.36. The molecule has 0 saturated carbocycles. The molecule has 5 heteroatoms. The van der Waals surface area contributed by atoms with Gasteiger partial charge in [-0.25, -0.2) is 14.4 Å². The summed E-state index contributed by atoms with van der Waals surface area (Å²) in [5, 5.41) is 3.09. The normalized spacial score (nSPS) is 12.2. The lowest BCUT2D eigenvalue weighted by Gasteiger charge is -2.16. The van der Waals surface area contributed by atoms with Gasteiger partial charge in [0.05, 0.1) is 13.2 Å². The fourth-order valence-corrected chi connectivity index (χ4v) is 1.86. The molecule has 0 aliphatic rings. The van der Waals surface area contributed by atoms with E-state index in [1.165, 1.54) is 13.2 Å². The van der Waals surface area contributed by atoms with E-state index in [-0.39, 0.29) is 11.8 Å².